The molecule has 2 N–H and O–H groups in total. The number of piperazine rings is 1. The standard InChI is InChI=1S/C26H33N5O7S2/c1-26(2)22(31(17-39-26)40(36,37)20-5-4-10-27-16-20)23(32)28-21(24(33)34)15-18-6-8-19(9-7-18)38-25(35)30-13-11-29(3)12-14-30/h4-10,16,21-22H,11-15,17H2,1-3H3,(H,28,32)(H,33,34)/t21-,22-/m1/s1. The van der Waals surface area contributed by atoms with E-state index in [0.717, 1.165) is 17.4 Å². The Kier molecular flexibility index (Phi) is 9.02. The van der Waals surface area contributed by atoms with Gasteiger partial charge in [-0.15, -0.1) is 11.8 Å². The number of hydrogen-bond acceptors (Lipinski definition) is 9. The fourth-order valence-electron chi connectivity index (χ4n) is 4.55. The van der Waals surface area contributed by atoms with Crippen molar-refractivity contribution in [3.8, 4) is 5.75 Å². The van der Waals surface area contributed by atoms with Gasteiger partial charge in [-0.25, -0.2) is 18.0 Å². The fourth-order valence-corrected chi connectivity index (χ4v) is 7.69. The zero-order valence-electron chi connectivity index (χ0n) is 22.5. The van der Waals surface area contributed by atoms with Crippen LogP contribution in [0.1, 0.15) is 19.4 Å². The lowest BCUT2D eigenvalue weighted by molar-refractivity contribution is -0.142. The first-order valence-corrected chi connectivity index (χ1v) is 15.1. The smallest absolute Gasteiger partial charge is 0.415 e. The van der Waals surface area contributed by atoms with E-state index in [1.54, 1.807) is 43.0 Å². The molecule has 0 aliphatic carbocycles. The van der Waals surface area contributed by atoms with E-state index < -0.39 is 44.8 Å². The van der Waals surface area contributed by atoms with Gasteiger partial charge in [-0.2, -0.15) is 4.31 Å². The summed E-state index contributed by atoms with van der Waals surface area (Å²) in [6.45, 7) is 6.17. The van der Waals surface area contributed by atoms with E-state index in [9.17, 15) is 27.9 Å². The van der Waals surface area contributed by atoms with Crippen molar-refractivity contribution in [2.75, 3.05) is 39.1 Å². The molecule has 2 fully saturated rings. The molecule has 0 spiro atoms. The number of aromatic nitrogens is 1. The highest BCUT2D eigenvalue weighted by molar-refractivity contribution is 8.02. The Balaban J connectivity index is 1.43. The molecular formula is C26H33N5O7S2. The number of hydrogen-bond donors (Lipinski definition) is 2. The maximum absolute atomic E-state index is 13.4. The fraction of sp³-hybridized carbons (Fsp3) is 0.462. The number of rotatable bonds is 8. The molecule has 0 radical (unpaired) electrons. The average Bonchev–Trinajstić information content (AvgIpc) is 3.25. The summed E-state index contributed by atoms with van der Waals surface area (Å²) in [5.74, 6) is -1.60. The monoisotopic (exact) mass is 591 g/mol. The summed E-state index contributed by atoms with van der Waals surface area (Å²) >= 11 is 1.29. The minimum atomic E-state index is -4.05. The number of aliphatic carboxylic acids is 1. The van der Waals surface area contributed by atoms with Gasteiger partial charge in [0.1, 0.15) is 22.7 Å². The molecule has 14 heteroatoms. The highest BCUT2D eigenvalue weighted by Crippen LogP contribution is 2.42. The van der Waals surface area contributed by atoms with Gasteiger partial charge in [-0.05, 0) is 50.7 Å². The van der Waals surface area contributed by atoms with Crippen molar-refractivity contribution in [3.05, 3.63) is 54.4 Å². The molecule has 3 heterocycles. The van der Waals surface area contributed by atoms with Gasteiger partial charge < -0.3 is 25.0 Å². The third-order valence-corrected chi connectivity index (χ3v) is 10.3. The molecule has 0 bridgehead atoms. The van der Waals surface area contributed by atoms with Crippen LogP contribution in [0.3, 0.4) is 0 Å². The van der Waals surface area contributed by atoms with Crippen molar-refractivity contribution in [1.29, 1.82) is 0 Å². The van der Waals surface area contributed by atoms with Crippen molar-refractivity contribution >= 4 is 39.8 Å². The van der Waals surface area contributed by atoms with Gasteiger partial charge in [0.2, 0.25) is 15.9 Å². The van der Waals surface area contributed by atoms with Gasteiger partial charge in [0, 0.05) is 49.7 Å². The second-order valence-electron chi connectivity index (χ2n) is 10.3. The van der Waals surface area contributed by atoms with Gasteiger partial charge in [-0.1, -0.05) is 12.1 Å². The van der Waals surface area contributed by atoms with Crippen molar-refractivity contribution in [2.24, 2.45) is 0 Å². The summed E-state index contributed by atoms with van der Waals surface area (Å²) in [7, 11) is -2.06. The van der Waals surface area contributed by atoms with E-state index in [2.05, 4.69) is 15.2 Å². The van der Waals surface area contributed by atoms with E-state index in [0.29, 0.717) is 24.4 Å². The molecule has 2 aliphatic heterocycles. The second-order valence-corrected chi connectivity index (χ2v) is 13.8. The number of carbonyl (C=O) groups is 3. The van der Waals surface area contributed by atoms with Gasteiger partial charge in [0.05, 0.1) is 5.88 Å². The zero-order chi connectivity index (χ0) is 29.1. The van der Waals surface area contributed by atoms with Crippen LogP contribution in [-0.2, 0) is 26.0 Å². The van der Waals surface area contributed by atoms with Crippen LogP contribution in [0, 0.1) is 0 Å². The number of pyridine rings is 1. The van der Waals surface area contributed by atoms with Gasteiger partial charge in [-0.3, -0.25) is 9.78 Å². The molecule has 1 aromatic carbocycles. The van der Waals surface area contributed by atoms with Crippen LogP contribution in [0.4, 0.5) is 4.79 Å². The summed E-state index contributed by atoms with van der Waals surface area (Å²) in [5, 5.41) is 12.4. The first kappa shape index (κ1) is 29.8. The Morgan fingerprint density at radius 3 is 2.42 bits per heavy atom. The number of benzene rings is 1. The normalized spacial score (nSPS) is 20.6. The lowest BCUT2D eigenvalue weighted by atomic mass is 10.0. The molecule has 40 heavy (non-hydrogen) atoms. The summed E-state index contributed by atoms with van der Waals surface area (Å²) in [6, 6.07) is 6.85. The molecule has 0 unspecified atom stereocenters. The van der Waals surface area contributed by atoms with Crippen LogP contribution in [-0.4, -0.2) is 107 Å². The van der Waals surface area contributed by atoms with E-state index in [4.69, 9.17) is 4.74 Å². The molecule has 0 saturated carbocycles. The Bertz CT molecular complexity index is 1330. The predicted molar refractivity (Wildman–Crippen MR) is 148 cm³/mol. The highest BCUT2D eigenvalue weighted by atomic mass is 32.2. The Morgan fingerprint density at radius 2 is 1.82 bits per heavy atom. The lowest BCUT2D eigenvalue weighted by Gasteiger charge is -2.31. The number of nitrogens with zero attached hydrogens (tertiary/aromatic N) is 4. The maximum atomic E-state index is 13.4. The minimum absolute atomic E-state index is 0.0361. The third kappa shape index (κ3) is 6.74. The van der Waals surface area contributed by atoms with Crippen molar-refractivity contribution in [3.63, 3.8) is 0 Å². The third-order valence-electron chi connectivity index (χ3n) is 6.94. The van der Waals surface area contributed by atoms with Crippen LogP contribution in [0.15, 0.2) is 53.7 Å². The first-order valence-electron chi connectivity index (χ1n) is 12.7. The number of likely N-dealkylation sites (N-methyl/N-ethyl adjacent to an activating group) is 1. The molecule has 1 aromatic heterocycles. The van der Waals surface area contributed by atoms with E-state index in [1.165, 1.54) is 36.3 Å². The topological polar surface area (TPSA) is 149 Å². The van der Waals surface area contributed by atoms with Gasteiger partial charge >= 0.3 is 12.1 Å². The average molecular weight is 592 g/mol. The summed E-state index contributed by atoms with van der Waals surface area (Å²) in [6.07, 6.45) is 2.17. The quantitative estimate of drug-likeness (QED) is 0.462. The minimum Gasteiger partial charge on any atom is -0.480 e. The Labute approximate surface area is 237 Å². The van der Waals surface area contributed by atoms with Crippen molar-refractivity contribution in [2.45, 2.75) is 42.0 Å². The number of carboxylic acid groups (broad SMARTS) is 1. The largest absolute Gasteiger partial charge is 0.480 e. The Hall–Kier alpha value is -3.20. The van der Waals surface area contributed by atoms with E-state index in [1.807, 2.05) is 7.05 Å². The first-order chi connectivity index (χ1) is 18.9. The second kappa shape index (κ2) is 12.1. The summed E-state index contributed by atoms with van der Waals surface area (Å²) < 4.78 is 32.3. The molecule has 2 saturated heterocycles. The highest BCUT2D eigenvalue weighted by Gasteiger charge is 2.51. The van der Waals surface area contributed by atoms with Gasteiger partial charge in [0.15, 0.2) is 0 Å². The van der Waals surface area contributed by atoms with Crippen LogP contribution in [0.5, 0.6) is 5.75 Å². The van der Waals surface area contributed by atoms with Gasteiger partial charge in [0.25, 0.3) is 0 Å². The number of sulfonamides is 1. The van der Waals surface area contributed by atoms with Crippen LogP contribution >= 0.6 is 11.8 Å². The molecule has 2 aromatic rings. The van der Waals surface area contributed by atoms with E-state index in [-0.39, 0.29) is 17.2 Å². The number of amides is 2. The summed E-state index contributed by atoms with van der Waals surface area (Å²) in [5.41, 5.74) is 0.590. The molecule has 2 aliphatic rings. The Morgan fingerprint density at radius 1 is 1.15 bits per heavy atom. The molecule has 216 valence electrons. The maximum Gasteiger partial charge on any atom is 0.415 e. The van der Waals surface area contributed by atoms with Crippen LogP contribution < -0.4 is 10.1 Å². The molecule has 2 amide bonds. The van der Waals surface area contributed by atoms with E-state index >= 15 is 0 Å². The molecule has 2 atom stereocenters. The predicted octanol–water partition coefficient (Wildman–Crippen LogP) is 1.48. The molecule has 12 nitrogen and oxygen atoms in total. The number of nitrogens with one attached hydrogen (secondary N) is 1. The number of ether oxygens (including phenoxy) is 1. The number of thioether (sulfide) groups is 1. The van der Waals surface area contributed by atoms with Crippen LogP contribution in [0.2, 0.25) is 0 Å². The zero-order valence-corrected chi connectivity index (χ0v) is 24.2. The van der Waals surface area contributed by atoms with Crippen molar-refractivity contribution < 1.29 is 32.6 Å². The number of carbonyl (C=O) groups excluding carboxylic acids is 2. The number of carboxylic acids is 1. The lowest BCUT2D eigenvalue weighted by Crippen LogP contribution is -2.56. The SMILES string of the molecule is CN1CCN(C(=O)Oc2ccc(C[C@@H](NC(=O)[C@H]3N(S(=O)(=O)c4cccnc4)CSC3(C)C)C(=O)O)cc2)CC1. The van der Waals surface area contributed by atoms with Crippen molar-refractivity contribution in [1.82, 2.24) is 24.4 Å². The molecule has 4 rings (SSSR count). The van der Waals surface area contributed by atoms with Crippen LogP contribution in [0.25, 0.3) is 0 Å². The summed E-state index contributed by atoms with van der Waals surface area (Å²) in [4.78, 5) is 45.5. The molecular weight excluding hydrogens is 558 g/mol.